The third-order valence-electron chi connectivity index (χ3n) is 0.956. The minimum atomic E-state index is -0.912. The van der Waals surface area contributed by atoms with Gasteiger partial charge in [0.05, 0.1) is 0 Å². The van der Waals surface area contributed by atoms with Crippen LogP contribution in [0.3, 0.4) is 0 Å². The Morgan fingerprint density at radius 2 is 1.62 bits per heavy atom. The Hall–Kier alpha value is 0.412. The van der Waals surface area contributed by atoms with Gasteiger partial charge in [-0.25, -0.2) is 0 Å². The molecule has 2 radical (unpaired) electrons. The van der Waals surface area contributed by atoms with Crippen molar-refractivity contribution in [3.63, 3.8) is 0 Å². The fourth-order valence-corrected chi connectivity index (χ4v) is 0.372. The molecule has 0 atom stereocenters. The fourth-order valence-electron chi connectivity index (χ4n) is 0.180. The van der Waals surface area contributed by atoms with Crippen LogP contribution in [0.15, 0.2) is 0 Å². The quantitative estimate of drug-likeness (QED) is 0.401. The molecule has 0 bridgehead atoms. The molecular weight excluding hydrogens is 123 g/mol. The van der Waals surface area contributed by atoms with Gasteiger partial charge in [0.1, 0.15) is 0 Å². The van der Waals surface area contributed by atoms with Gasteiger partial charge in [-0.3, -0.25) is 0 Å². The minimum Gasteiger partial charge on any atom is -0.473 e. The molecule has 46 valence electrons. The van der Waals surface area contributed by atoms with Gasteiger partial charge in [-0.2, -0.15) is 0 Å². The molecule has 0 saturated carbocycles. The van der Waals surface area contributed by atoms with Crippen LogP contribution in [0.2, 0.25) is 0 Å². The molecule has 0 aliphatic rings. The van der Waals surface area contributed by atoms with Crippen molar-refractivity contribution in [1.82, 2.24) is 0 Å². The molecule has 0 amide bonds. The Morgan fingerprint density at radius 1 is 1.25 bits per heavy atom. The molecule has 0 unspecified atom stereocenters. The Morgan fingerprint density at radius 3 is 1.62 bits per heavy atom. The van der Waals surface area contributed by atoms with E-state index in [9.17, 15) is 0 Å². The van der Waals surface area contributed by atoms with Crippen molar-refractivity contribution in [2.75, 3.05) is 14.2 Å². The largest absolute Gasteiger partial charge is 0.473 e. The molecule has 0 aromatic rings. The molecule has 0 heterocycles. The average molecular weight is 132 g/mol. The molecule has 0 aliphatic carbocycles. The predicted octanol–water partition coefficient (Wildman–Crippen LogP) is 0.0530. The Kier molecular flexibility index (Phi) is 3.62. The number of rotatable bonds is 3. The summed E-state index contributed by atoms with van der Waals surface area (Å²) in [6.45, 7) is 1.67. The highest BCUT2D eigenvalue weighted by molar-refractivity contribution is 5.98. The maximum Gasteiger partial charge on any atom is 0.378 e. The van der Waals surface area contributed by atoms with E-state index in [1.165, 1.54) is 14.2 Å². The summed E-state index contributed by atoms with van der Waals surface area (Å²) in [6, 6.07) is 0. The highest BCUT2D eigenvalue weighted by Gasteiger charge is 2.18. The second kappa shape index (κ2) is 3.44. The molecule has 0 aliphatic heterocycles. The lowest BCUT2D eigenvalue weighted by Crippen LogP contribution is -2.32. The van der Waals surface area contributed by atoms with Crippen LogP contribution in [-0.2, 0) is 13.3 Å². The number of hydrogen-bond donors (Lipinski definition) is 0. The summed E-state index contributed by atoms with van der Waals surface area (Å²) in [6.07, 6.45) is 0. The van der Waals surface area contributed by atoms with E-state index in [-0.39, 0.29) is 0 Å². The second-order valence-electron chi connectivity index (χ2n) is 1.39. The fraction of sp³-hybridized carbons (Fsp3) is 1.00. The first-order chi connectivity index (χ1) is 3.68. The van der Waals surface area contributed by atoms with Gasteiger partial charge >= 0.3 is 16.6 Å². The van der Waals surface area contributed by atoms with Crippen molar-refractivity contribution in [3.8, 4) is 0 Å². The summed E-state index contributed by atoms with van der Waals surface area (Å²) < 4.78 is 14.3. The van der Waals surface area contributed by atoms with E-state index in [1.807, 2.05) is 0 Å². The van der Waals surface area contributed by atoms with Crippen molar-refractivity contribution in [2.24, 2.45) is 0 Å². The van der Waals surface area contributed by atoms with Crippen LogP contribution in [0.25, 0.3) is 0 Å². The zero-order valence-electron chi connectivity index (χ0n) is 5.30. The Bertz CT molecular complexity index is 54.0. The molecule has 8 heavy (non-hydrogen) atoms. The van der Waals surface area contributed by atoms with Crippen LogP contribution in [-0.4, -0.2) is 36.8 Å². The summed E-state index contributed by atoms with van der Waals surface area (Å²) in [4.78, 5) is 0. The molecule has 0 spiro atoms. The van der Waals surface area contributed by atoms with Gasteiger partial charge in [-0.1, -0.05) is 0 Å². The molecule has 0 rings (SSSR count). The van der Waals surface area contributed by atoms with Crippen molar-refractivity contribution in [1.29, 1.82) is 0 Å². The van der Waals surface area contributed by atoms with Gasteiger partial charge in [0.2, 0.25) is 0 Å². The lowest BCUT2D eigenvalue weighted by Gasteiger charge is -2.25. The first kappa shape index (κ1) is 8.41. The number of ether oxygens (including phenoxy) is 2. The highest BCUT2D eigenvalue weighted by atomic mass is 27.1. The van der Waals surface area contributed by atoms with Gasteiger partial charge in [0.25, 0.3) is 5.97 Å². The molecule has 0 saturated heterocycles. The number of hydrogen-bond acceptors (Lipinski definition) is 3. The van der Waals surface area contributed by atoms with Gasteiger partial charge in [0, 0.05) is 21.1 Å². The Balaban J connectivity index is 3.58. The molecule has 0 aromatic heterocycles. The van der Waals surface area contributed by atoms with E-state index >= 15 is 0 Å². The number of methoxy groups -OCH3 is 2. The van der Waals surface area contributed by atoms with Gasteiger partial charge in [-0.15, -0.1) is 0 Å². The topological polar surface area (TPSA) is 27.7 Å². The maximum atomic E-state index is 4.77. The summed E-state index contributed by atoms with van der Waals surface area (Å²) in [5.74, 6) is -0.912. The summed E-state index contributed by atoms with van der Waals surface area (Å²) in [7, 11) is 3.02. The van der Waals surface area contributed by atoms with E-state index in [2.05, 4.69) is 16.6 Å². The normalized spacial score (nSPS) is 11.9. The molecule has 4 heteroatoms. The predicted molar refractivity (Wildman–Crippen MR) is 29.3 cm³/mol. The molecular formula is C4H9AlO3. The van der Waals surface area contributed by atoms with Crippen molar-refractivity contribution in [2.45, 2.75) is 12.9 Å². The molecule has 0 fully saturated rings. The Labute approximate surface area is 57.7 Å². The zero-order chi connectivity index (χ0) is 6.62. The zero-order valence-corrected chi connectivity index (χ0v) is 6.46. The van der Waals surface area contributed by atoms with Crippen LogP contribution in [0.5, 0.6) is 0 Å². The standard InChI is InChI=1S/C4H9O3.Al/c1-4(5,6-2)7-3;/h1-3H3;/q-1;+1. The van der Waals surface area contributed by atoms with Crippen molar-refractivity contribution >= 4 is 16.6 Å². The van der Waals surface area contributed by atoms with Crippen molar-refractivity contribution in [3.05, 3.63) is 0 Å². The lowest BCUT2D eigenvalue weighted by atomic mass is 10.7. The SMILES string of the molecule is COC(C)(OC)[O][Al]. The molecule has 0 N–H and O–H groups in total. The van der Waals surface area contributed by atoms with E-state index in [1.54, 1.807) is 6.92 Å². The second-order valence-corrected chi connectivity index (χ2v) is 1.62. The summed E-state index contributed by atoms with van der Waals surface area (Å²) >= 11 is 2.06. The third kappa shape index (κ3) is 2.12. The average Bonchev–Trinajstić information content (AvgIpc) is 1.87. The van der Waals surface area contributed by atoms with E-state index in [4.69, 9.17) is 13.3 Å². The van der Waals surface area contributed by atoms with Gasteiger partial charge in [0.15, 0.2) is 0 Å². The monoisotopic (exact) mass is 132 g/mol. The molecule has 3 nitrogen and oxygen atoms in total. The smallest absolute Gasteiger partial charge is 0.378 e. The van der Waals surface area contributed by atoms with Crippen LogP contribution in [0.4, 0.5) is 0 Å². The van der Waals surface area contributed by atoms with E-state index in [0.717, 1.165) is 0 Å². The van der Waals surface area contributed by atoms with Crippen molar-refractivity contribution < 1.29 is 13.3 Å². The van der Waals surface area contributed by atoms with Crippen LogP contribution < -0.4 is 0 Å². The van der Waals surface area contributed by atoms with Crippen LogP contribution >= 0.6 is 0 Å². The minimum absolute atomic E-state index is 0.912. The lowest BCUT2D eigenvalue weighted by molar-refractivity contribution is -0.308. The van der Waals surface area contributed by atoms with Crippen LogP contribution in [0.1, 0.15) is 6.92 Å². The maximum absolute atomic E-state index is 4.77. The highest BCUT2D eigenvalue weighted by Crippen LogP contribution is 2.07. The van der Waals surface area contributed by atoms with Crippen LogP contribution in [0, 0.1) is 0 Å². The summed E-state index contributed by atoms with van der Waals surface area (Å²) in [5.41, 5.74) is 0. The summed E-state index contributed by atoms with van der Waals surface area (Å²) in [5, 5.41) is 0. The first-order valence-electron chi connectivity index (χ1n) is 2.16. The van der Waals surface area contributed by atoms with E-state index < -0.39 is 5.97 Å². The van der Waals surface area contributed by atoms with Gasteiger partial charge in [-0.05, 0) is 0 Å². The third-order valence-corrected chi connectivity index (χ3v) is 1.38. The first-order valence-corrected chi connectivity index (χ1v) is 2.64. The molecule has 0 aromatic carbocycles. The van der Waals surface area contributed by atoms with Gasteiger partial charge < -0.3 is 13.3 Å². The van der Waals surface area contributed by atoms with E-state index in [0.29, 0.717) is 0 Å².